The van der Waals surface area contributed by atoms with E-state index < -0.39 is 12.0 Å². The van der Waals surface area contributed by atoms with Gasteiger partial charge in [-0.1, -0.05) is 6.92 Å². The van der Waals surface area contributed by atoms with E-state index in [2.05, 4.69) is 5.32 Å². The van der Waals surface area contributed by atoms with Gasteiger partial charge in [0.15, 0.2) is 0 Å². The highest BCUT2D eigenvalue weighted by Crippen LogP contribution is 2.10. The Hall–Kier alpha value is -0.610. The number of aliphatic carboxylic acids is 1. The zero-order valence-electron chi connectivity index (χ0n) is 7.95. The maximum Gasteiger partial charge on any atom is 0.320 e. The molecule has 1 aliphatic rings. The van der Waals surface area contributed by atoms with Crippen molar-refractivity contribution in [2.45, 2.75) is 38.3 Å². The molecule has 2 atom stereocenters. The zero-order valence-corrected chi connectivity index (χ0v) is 7.95. The summed E-state index contributed by atoms with van der Waals surface area (Å²) in [6.45, 7) is 3.34. The van der Waals surface area contributed by atoms with Crippen molar-refractivity contribution < 1.29 is 14.6 Å². The van der Waals surface area contributed by atoms with Crippen molar-refractivity contribution in [2.24, 2.45) is 0 Å². The lowest BCUT2D eigenvalue weighted by Crippen LogP contribution is -2.40. The molecule has 13 heavy (non-hydrogen) atoms. The Morgan fingerprint density at radius 1 is 1.77 bits per heavy atom. The molecule has 0 aromatic carbocycles. The lowest BCUT2D eigenvalue weighted by molar-refractivity contribution is -0.139. The van der Waals surface area contributed by atoms with Gasteiger partial charge in [0, 0.05) is 13.2 Å². The summed E-state index contributed by atoms with van der Waals surface area (Å²) in [5.74, 6) is -0.777. The van der Waals surface area contributed by atoms with Gasteiger partial charge >= 0.3 is 5.97 Å². The molecule has 2 unspecified atom stereocenters. The zero-order chi connectivity index (χ0) is 9.68. The van der Waals surface area contributed by atoms with Crippen LogP contribution in [0.3, 0.4) is 0 Å². The summed E-state index contributed by atoms with van der Waals surface area (Å²) >= 11 is 0. The molecule has 2 N–H and O–H groups in total. The van der Waals surface area contributed by atoms with E-state index in [0.717, 1.165) is 19.4 Å². The van der Waals surface area contributed by atoms with Gasteiger partial charge < -0.3 is 15.2 Å². The molecule has 0 aromatic rings. The number of hydrogen-bond donors (Lipinski definition) is 2. The molecule has 1 fully saturated rings. The van der Waals surface area contributed by atoms with E-state index in [1.165, 1.54) is 0 Å². The number of hydrogen-bond acceptors (Lipinski definition) is 3. The molecule has 0 aliphatic carbocycles. The van der Waals surface area contributed by atoms with E-state index >= 15 is 0 Å². The third-order valence-corrected chi connectivity index (χ3v) is 2.32. The highest BCUT2D eigenvalue weighted by molar-refractivity contribution is 5.73. The number of ether oxygens (including phenoxy) is 1. The molecule has 4 heteroatoms. The van der Waals surface area contributed by atoms with Crippen LogP contribution in [-0.2, 0) is 9.53 Å². The first-order valence-electron chi connectivity index (χ1n) is 4.81. The average molecular weight is 187 g/mol. The van der Waals surface area contributed by atoms with Crippen molar-refractivity contribution in [1.82, 2.24) is 5.32 Å². The Morgan fingerprint density at radius 3 is 3.00 bits per heavy atom. The maximum atomic E-state index is 10.6. The minimum atomic E-state index is -0.777. The van der Waals surface area contributed by atoms with Crippen LogP contribution in [0, 0.1) is 0 Å². The van der Waals surface area contributed by atoms with Crippen LogP contribution >= 0.6 is 0 Å². The number of carboxylic acids is 1. The fourth-order valence-electron chi connectivity index (χ4n) is 1.49. The lowest BCUT2D eigenvalue weighted by Gasteiger charge is -2.15. The summed E-state index contributed by atoms with van der Waals surface area (Å²) in [6.07, 6.45) is 2.97. The summed E-state index contributed by atoms with van der Waals surface area (Å²) in [5.41, 5.74) is 0. The van der Waals surface area contributed by atoms with Crippen molar-refractivity contribution in [3.05, 3.63) is 0 Å². The van der Waals surface area contributed by atoms with Crippen molar-refractivity contribution in [3.63, 3.8) is 0 Å². The molecule has 0 radical (unpaired) electrons. The molecule has 0 bridgehead atoms. The summed E-state index contributed by atoms with van der Waals surface area (Å²) in [7, 11) is 0. The quantitative estimate of drug-likeness (QED) is 0.662. The van der Waals surface area contributed by atoms with E-state index in [4.69, 9.17) is 9.84 Å². The maximum absolute atomic E-state index is 10.6. The summed E-state index contributed by atoms with van der Waals surface area (Å²) in [5, 5.41) is 11.7. The summed E-state index contributed by atoms with van der Waals surface area (Å²) in [6, 6.07) is -0.427. The number of carboxylic acid groups (broad SMARTS) is 1. The molecule has 0 spiro atoms. The highest BCUT2D eigenvalue weighted by atomic mass is 16.5. The van der Waals surface area contributed by atoms with E-state index in [9.17, 15) is 4.79 Å². The van der Waals surface area contributed by atoms with Gasteiger partial charge in [-0.2, -0.15) is 0 Å². The van der Waals surface area contributed by atoms with Crippen LogP contribution < -0.4 is 5.32 Å². The second kappa shape index (κ2) is 5.19. The minimum Gasteiger partial charge on any atom is -0.480 e. The molecule has 0 amide bonds. The Labute approximate surface area is 78.3 Å². The second-order valence-electron chi connectivity index (χ2n) is 3.34. The van der Waals surface area contributed by atoms with Crippen molar-refractivity contribution in [2.75, 3.05) is 13.2 Å². The summed E-state index contributed by atoms with van der Waals surface area (Å²) < 4.78 is 5.37. The lowest BCUT2D eigenvalue weighted by atomic mass is 10.2. The Balaban J connectivity index is 2.18. The largest absolute Gasteiger partial charge is 0.480 e. The first-order chi connectivity index (χ1) is 6.24. The number of carbonyl (C=O) groups is 1. The fourth-order valence-corrected chi connectivity index (χ4v) is 1.49. The first kappa shape index (κ1) is 10.5. The fraction of sp³-hybridized carbons (Fsp3) is 0.889. The molecule has 0 saturated carbocycles. The van der Waals surface area contributed by atoms with Gasteiger partial charge in [0.25, 0.3) is 0 Å². The molecule has 1 aliphatic heterocycles. The average Bonchev–Trinajstić information content (AvgIpc) is 2.57. The monoisotopic (exact) mass is 187 g/mol. The van der Waals surface area contributed by atoms with Gasteiger partial charge in [-0.3, -0.25) is 4.79 Å². The van der Waals surface area contributed by atoms with Gasteiger partial charge in [-0.15, -0.1) is 0 Å². The van der Waals surface area contributed by atoms with Crippen LogP contribution in [0.25, 0.3) is 0 Å². The minimum absolute atomic E-state index is 0.216. The molecular formula is C9H17NO3. The third-order valence-electron chi connectivity index (χ3n) is 2.32. The molecule has 0 aromatic heterocycles. The Bertz CT molecular complexity index is 166. The Kier molecular flexibility index (Phi) is 4.18. The molecular weight excluding hydrogens is 170 g/mol. The van der Waals surface area contributed by atoms with E-state index in [-0.39, 0.29) is 6.10 Å². The smallest absolute Gasteiger partial charge is 0.320 e. The number of nitrogens with one attached hydrogen (secondary N) is 1. The first-order valence-corrected chi connectivity index (χ1v) is 4.81. The third kappa shape index (κ3) is 3.32. The van der Waals surface area contributed by atoms with Crippen molar-refractivity contribution in [1.29, 1.82) is 0 Å². The van der Waals surface area contributed by atoms with Crippen molar-refractivity contribution in [3.8, 4) is 0 Å². The molecule has 4 nitrogen and oxygen atoms in total. The van der Waals surface area contributed by atoms with Crippen LogP contribution in [0.15, 0.2) is 0 Å². The van der Waals surface area contributed by atoms with E-state index in [1.807, 2.05) is 6.92 Å². The molecule has 1 heterocycles. The molecule has 76 valence electrons. The predicted molar refractivity (Wildman–Crippen MR) is 48.7 cm³/mol. The van der Waals surface area contributed by atoms with E-state index in [1.54, 1.807) is 0 Å². The standard InChI is InChI=1S/C9H17NO3/c1-2-8(9(11)12)10-6-7-4-3-5-13-7/h7-8,10H,2-6H2,1H3,(H,11,12). The topological polar surface area (TPSA) is 58.6 Å². The molecule has 1 rings (SSSR count). The summed E-state index contributed by atoms with van der Waals surface area (Å²) in [4.78, 5) is 10.6. The second-order valence-corrected chi connectivity index (χ2v) is 3.34. The number of rotatable bonds is 5. The van der Waals surface area contributed by atoms with Crippen LogP contribution in [0.1, 0.15) is 26.2 Å². The van der Waals surface area contributed by atoms with Gasteiger partial charge in [-0.05, 0) is 19.3 Å². The Morgan fingerprint density at radius 2 is 2.54 bits per heavy atom. The predicted octanol–water partition coefficient (Wildman–Crippen LogP) is 0.618. The van der Waals surface area contributed by atoms with Gasteiger partial charge in [0.2, 0.25) is 0 Å². The van der Waals surface area contributed by atoms with Crippen LogP contribution in [-0.4, -0.2) is 36.4 Å². The van der Waals surface area contributed by atoms with Crippen LogP contribution in [0.5, 0.6) is 0 Å². The normalized spacial score (nSPS) is 24.5. The van der Waals surface area contributed by atoms with Gasteiger partial charge in [0.1, 0.15) is 6.04 Å². The van der Waals surface area contributed by atoms with Gasteiger partial charge in [0.05, 0.1) is 6.10 Å². The van der Waals surface area contributed by atoms with Crippen molar-refractivity contribution >= 4 is 5.97 Å². The highest BCUT2D eigenvalue weighted by Gasteiger charge is 2.19. The molecule has 1 saturated heterocycles. The SMILES string of the molecule is CCC(NCC1CCCO1)C(=O)O. The van der Waals surface area contributed by atoms with Crippen LogP contribution in [0.4, 0.5) is 0 Å². The van der Waals surface area contributed by atoms with E-state index in [0.29, 0.717) is 13.0 Å². The van der Waals surface area contributed by atoms with Gasteiger partial charge in [-0.25, -0.2) is 0 Å². The van der Waals surface area contributed by atoms with Crippen LogP contribution in [0.2, 0.25) is 0 Å².